The van der Waals surface area contributed by atoms with Crippen LogP contribution in [0.3, 0.4) is 0 Å². The molecule has 0 spiro atoms. The van der Waals surface area contributed by atoms with Gasteiger partial charge in [0.05, 0.1) is 21.1 Å². The lowest BCUT2D eigenvalue weighted by Gasteiger charge is -2.17. The van der Waals surface area contributed by atoms with Gasteiger partial charge in [0, 0.05) is 6.08 Å². The standard InChI is InChI=1S/C24H21NO6S2/c26-25(27)21(14-10-13-20-11-4-1-5-12-20)19-24(32(28,29)22-15-6-2-7-16-22)33(30,31)23-17-8-3-9-18-23/h1-18,24H,19H2/b13-10+,21-14-. The summed E-state index contributed by atoms with van der Waals surface area (Å²) in [5, 5.41) is 11.7. The number of hydrogen-bond donors (Lipinski definition) is 0. The van der Waals surface area contributed by atoms with Crippen LogP contribution in [0.4, 0.5) is 0 Å². The topological polar surface area (TPSA) is 111 Å². The number of hydrogen-bond acceptors (Lipinski definition) is 6. The highest BCUT2D eigenvalue weighted by molar-refractivity contribution is 8.09. The normalized spacial score (nSPS) is 12.8. The number of rotatable bonds is 9. The average molecular weight is 484 g/mol. The molecule has 3 rings (SSSR count). The van der Waals surface area contributed by atoms with E-state index in [-0.39, 0.29) is 9.79 Å². The van der Waals surface area contributed by atoms with E-state index in [1.807, 2.05) is 6.07 Å². The second kappa shape index (κ2) is 10.4. The molecule has 0 amide bonds. The quantitative estimate of drug-likeness (QED) is 0.251. The zero-order chi connectivity index (χ0) is 23.9. The fourth-order valence-electron chi connectivity index (χ4n) is 3.12. The molecule has 3 aromatic carbocycles. The predicted molar refractivity (Wildman–Crippen MR) is 126 cm³/mol. The molecule has 0 bridgehead atoms. The van der Waals surface area contributed by atoms with E-state index in [9.17, 15) is 26.9 Å². The third-order valence-electron chi connectivity index (χ3n) is 4.82. The maximum atomic E-state index is 13.4. The summed E-state index contributed by atoms with van der Waals surface area (Å²) in [5.74, 6) is 0. The Kier molecular flexibility index (Phi) is 7.57. The van der Waals surface area contributed by atoms with Crippen molar-refractivity contribution in [2.45, 2.75) is 20.8 Å². The van der Waals surface area contributed by atoms with E-state index in [1.54, 1.807) is 42.5 Å². The molecule has 3 aromatic rings. The van der Waals surface area contributed by atoms with Crippen LogP contribution >= 0.6 is 0 Å². The van der Waals surface area contributed by atoms with Crippen LogP contribution in [0, 0.1) is 10.1 Å². The van der Waals surface area contributed by atoms with Crippen molar-refractivity contribution in [2.24, 2.45) is 0 Å². The second-order valence-corrected chi connectivity index (χ2v) is 11.6. The van der Waals surface area contributed by atoms with Crippen molar-refractivity contribution < 1.29 is 21.8 Å². The van der Waals surface area contributed by atoms with Crippen molar-refractivity contribution in [3.05, 3.63) is 125 Å². The first-order chi connectivity index (χ1) is 15.7. The Hall–Kier alpha value is -3.56. The molecule has 0 aromatic heterocycles. The Morgan fingerprint density at radius 3 is 1.61 bits per heavy atom. The number of benzene rings is 3. The molecule has 7 nitrogen and oxygen atoms in total. The first kappa shape index (κ1) is 24.1. The van der Waals surface area contributed by atoms with E-state index in [1.165, 1.54) is 54.6 Å². The summed E-state index contributed by atoms with van der Waals surface area (Å²) in [7, 11) is -8.94. The molecule has 0 fully saturated rings. The van der Waals surface area contributed by atoms with Crippen molar-refractivity contribution in [1.29, 1.82) is 0 Å². The average Bonchev–Trinajstić information content (AvgIpc) is 2.82. The molecule has 0 aliphatic carbocycles. The summed E-state index contributed by atoms with van der Waals surface area (Å²) in [6.45, 7) is 0. The van der Waals surface area contributed by atoms with Crippen LogP contribution in [0.5, 0.6) is 0 Å². The maximum Gasteiger partial charge on any atom is 0.248 e. The van der Waals surface area contributed by atoms with Gasteiger partial charge in [-0.1, -0.05) is 78.9 Å². The summed E-state index contributed by atoms with van der Waals surface area (Å²) < 4.78 is 51.4. The second-order valence-electron chi connectivity index (χ2n) is 7.03. The van der Waals surface area contributed by atoms with Gasteiger partial charge in [-0.25, -0.2) is 16.8 Å². The third-order valence-corrected chi connectivity index (χ3v) is 9.92. The summed E-state index contributed by atoms with van der Waals surface area (Å²) in [5.41, 5.74) is 0.244. The van der Waals surface area contributed by atoms with Crippen LogP contribution < -0.4 is 0 Å². The highest BCUT2D eigenvalue weighted by Crippen LogP contribution is 2.30. The lowest BCUT2D eigenvalue weighted by Crippen LogP contribution is -2.32. The van der Waals surface area contributed by atoms with Crippen LogP contribution in [-0.4, -0.2) is 26.3 Å². The van der Waals surface area contributed by atoms with Gasteiger partial charge >= 0.3 is 0 Å². The molecule has 0 unspecified atom stereocenters. The van der Waals surface area contributed by atoms with E-state index < -0.39 is 41.3 Å². The molecule has 0 saturated heterocycles. The molecule has 0 saturated carbocycles. The van der Waals surface area contributed by atoms with Gasteiger partial charge in [-0.3, -0.25) is 10.1 Å². The highest BCUT2D eigenvalue weighted by Gasteiger charge is 2.42. The third kappa shape index (κ3) is 5.82. The smallest absolute Gasteiger partial charge is 0.248 e. The molecule has 0 N–H and O–H groups in total. The fraction of sp³-hybridized carbons (Fsp3) is 0.0833. The summed E-state index contributed by atoms with van der Waals surface area (Å²) in [6.07, 6.45) is 3.31. The Labute approximate surface area is 192 Å². The van der Waals surface area contributed by atoms with E-state index in [0.29, 0.717) is 0 Å². The van der Waals surface area contributed by atoms with Gasteiger partial charge in [-0.2, -0.15) is 0 Å². The number of nitro groups is 1. The minimum absolute atomic E-state index is 0.225. The van der Waals surface area contributed by atoms with Gasteiger partial charge < -0.3 is 0 Å². The number of nitrogens with zero attached hydrogens (tertiary/aromatic N) is 1. The van der Waals surface area contributed by atoms with Crippen molar-refractivity contribution in [3.63, 3.8) is 0 Å². The Bertz CT molecular complexity index is 1300. The van der Waals surface area contributed by atoms with Crippen LogP contribution in [0.15, 0.2) is 119 Å². The molecular weight excluding hydrogens is 462 g/mol. The zero-order valence-electron chi connectivity index (χ0n) is 17.4. The zero-order valence-corrected chi connectivity index (χ0v) is 19.0. The van der Waals surface area contributed by atoms with Crippen LogP contribution in [0.1, 0.15) is 12.0 Å². The first-order valence-corrected chi connectivity index (χ1v) is 13.0. The molecule has 170 valence electrons. The molecular formula is C24H21NO6S2. The molecule has 9 heteroatoms. The summed E-state index contributed by atoms with van der Waals surface area (Å²) >= 11 is 0. The van der Waals surface area contributed by atoms with Gasteiger partial charge in [0.1, 0.15) is 0 Å². The number of allylic oxidation sites excluding steroid dienone is 3. The minimum atomic E-state index is -4.47. The van der Waals surface area contributed by atoms with Crippen molar-refractivity contribution >= 4 is 25.8 Å². The van der Waals surface area contributed by atoms with Gasteiger partial charge in [0.25, 0.3) is 0 Å². The summed E-state index contributed by atoms with van der Waals surface area (Å²) in [4.78, 5) is 10.5. The van der Waals surface area contributed by atoms with E-state index in [0.717, 1.165) is 11.6 Å². The first-order valence-electron chi connectivity index (χ1n) is 9.87. The van der Waals surface area contributed by atoms with Crippen LogP contribution in [0.25, 0.3) is 6.08 Å². The van der Waals surface area contributed by atoms with Crippen molar-refractivity contribution in [2.75, 3.05) is 0 Å². The molecule has 0 atom stereocenters. The fourth-order valence-corrected chi connectivity index (χ4v) is 7.58. The molecule has 0 radical (unpaired) electrons. The van der Waals surface area contributed by atoms with Crippen LogP contribution in [-0.2, 0) is 19.7 Å². The Balaban J connectivity index is 2.07. The molecule has 0 aliphatic heterocycles. The largest absolute Gasteiger partial charge is 0.259 e. The van der Waals surface area contributed by atoms with E-state index in [2.05, 4.69) is 0 Å². The highest BCUT2D eigenvalue weighted by atomic mass is 32.3. The molecule has 33 heavy (non-hydrogen) atoms. The monoisotopic (exact) mass is 483 g/mol. The SMILES string of the molecule is O=[N+]([O-])/C(=C\C=C\c1ccccc1)CC(S(=O)(=O)c1ccccc1)S(=O)(=O)c1ccccc1. The van der Waals surface area contributed by atoms with Crippen molar-refractivity contribution in [1.82, 2.24) is 0 Å². The van der Waals surface area contributed by atoms with Gasteiger partial charge in [-0.15, -0.1) is 0 Å². The Morgan fingerprint density at radius 1 is 0.758 bits per heavy atom. The molecule has 0 heterocycles. The van der Waals surface area contributed by atoms with Gasteiger partial charge in [0.2, 0.25) is 5.70 Å². The lowest BCUT2D eigenvalue weighted by atomic mass is 10.2. The van der Waals surface area contributed by atoms with E-state index in [4.69, 9.17) is 0 Å². The summed E-state index contributed by atoms with van der Waals surface area (Å²) in [6, 6.07) is 23.1. The van der Waals surface area contributed by atoms with Gasteiger partial charge in [-0.05, 0) is 29.8 Å². The van der Waals surface area contributed by atoms with Gasteiger partial charge in [0.15, 0.2) is 24.3 Å². The molecule has 0 aliphatic rings. The minimum Gasteiger partial charge on any atom is -0.259 e. The number of sulfone groups is 2. The predicted octanol–water partition coefficient (Wildman–Crippen LogP) is 4.52. The Morgan fingerprint density at radius 2 is 1.18 bits per heavy atom. The van der Waals surface area contributed by atoms with Crippen molar-refractivity contribution in [3.8, 4) is 0 Å². The van der Waals surface area contributed by atoms with E-state index >= 15 is 0 Å². The lowest BCUT2D eigenvalue weighted by molar-refractivity contribution is -0.427. The van der Waals surface area contributed by atoms with Crippen LogP contribution in [0.2, 0.25) is 0 Å². The maximum absolute atomic E-state index is 13.4.